The van der Waals surface area contributed by atoms with Crippen molar-refractivity contribution < 1.29 is 0 Å². The molecule has 0 aliphatic rings. The smallest absolute Gasteiger partial charge is 0.305 e. The number of H-pyrrole nitrogens is 1. The zero-order chi connectivity index (χ0) is 9.26. The zero-order valence-electron chi connectivity index (χ0n) is 7.24. The molecular weight excluding hydrogens is 166 g/mol. The number of nitrogens with one attached hydrogen (secondary N) is 1. The van der Waals surface area contributed by atoms with Crippen LogP contribution in [-0.2, 0) is 6.42 Å². The number of pyridine rings is 1. The molecule has 0 saturated carbocycles. The summed E-state index contributed by atoms with van der Waals surface area (Å²) in [6, 6.07) is 1.87. The number of aromatic nitrogens is 3. The third-order valence-corrected chi connectivity index (χ3v) is 1.92. The molecule has 0 aliphatic carbocycles. The van der Waals surface area contributed by atoms with Crippen molar-refractivity contribution in [2.45, 2.75) is 13.3 Å². The Bertz CT molecular complexity index is 489. The molecule has 2 aromatic rings. The fraction of sp³-hybridized carbons (Fsp3) is 0.222. The van der Waals surface area contributed by atoms with Gasteiger partial charge in [-0.05, 0) is 12.5 Å². The lowest BCUT2D eigenvalue weighted by Crippen LogP contribution is -2.08. The van der Waals surface area contributed by atoms with Crippen molar-refractivity contribution in [2.75, 3.05) is 0 Å². The molecule has 2 heterocycles. The van der Waals surface area contributed by atoms with E-state index in [1.807, 2.05) is 13.0 Å². The highest BCUT2D eigenvalue weighted by atomic mass is 16.1. The topological polar surface area (TPSA) is 58.6 Å². The van der Waals surface area contributed by atoms with Gasteiger partial charge in [-0.3, -0.25) is 4.98 Å². The van der Waals surface area contributed by atoms with Crippen LogP contribution in [0.2, 0.25) is 0 Å². The van der Waals surface area contributed by atoms with Crippen LogP contribution in [0.15, 0.2) is 23.3 Å². The largest absolute Gasteiger partial charge is 0.345 e. The summed E-state index contributed by atoms with van der Waals surface area (Å²) in [5.74, 6) is 0. The molecule has 0 saturated heterocycles. The first-order valence-corrected chi connectivity index (χ1v) is 4.13. The molecule has 0 bridgehead atoms. The van der Waals surface area contributed by atoms with Crippen LogP contribution in [0.1, 0.15) is 12.6 Å². The van der Waals surface area contributed by atoms with Crippen molar-refractivity contribution in [3.63, 3.8) is 0 Å². The number of fused-ring (bicyclic) bond motifs is 1. The van der Waals surface area contributed by atoms with E-state index in [4.69, 9.17) is 0 Å². The van der Waals surface area contributed by atoms with E-state index in [9.17, 15) is 4.79 Å². The number of aryl methyl sites for hydroxylation is 1. The van der Waals surface area contributed by atoms with Crippen molar-refractivity contribution in [1.29, 1.82) is 0 Å². The normalized spacial score (nSPS) is 10.5. The van der Waals surface area contributed by atoms with Crippen LogP contribution >= 0.6 is 0 Å². The van der Waals surface area contributed by atoms with E-state index in [-0.39, 0.29) is 5.69 Å². The minimum Gasteiger partial charge on any atom is -0.305 e. The molecular formula is C9H9N3O. The molecule has 0 amide bonds. The van der Waals surface area contributed by atoms with E-state index in [2.05, 4.69) is 15.0 Å². The van der Waals surface area contributed by atoms with Crippen LogP contribution in [0.5, 0.6) is 0 Å². The number of rotatable bonds is 1. The van der Waals surface area contributed by atoms with Gasteiger partial charge in [0.1, 0.15) is 0 Å². The minimum absolute atomic E-state index is 0.319. The Kier molecular flexibility index (Phi) is 1.81. The Morgan fingerprint density at radius 2 is 2.15 bits per heavy atom. The summed E-state index contributed by atoms with van der Waals surface area (Å²) < 4.78 is 0. The Morgan fingerprint density at radius 3 is 2.92 bits per heavy atom. The molecule has 2 rings (SSSR count). The maximum absolute atomic E-state index is 10.9. The predicted molar refractivity (Wildman–Crippen MR) is 49.5 cm³/mol. The summed E-state index contributed by atoms with van der Waals surface area (Å²) in [7, 11) is 0. The molecule has 2 aromatic heterocycles. The van der Waals surface area contributed by atoms with Crippen molar-refractivity contribution >= 4 is 10.9 Å². The monoisotopic (exact) mass is 175 g/mol. The second-order valence-corrected chi connectivity index (χ2v) is 2.80. The summed E-state index contributed by atoms with van der Waals surface area (Å²) >= 11 is 0. The maximum atomic E-state index is 10.9. The molecule has 13 heavy (non-hydrogen) atoms. The average Bonchev–Trinajstić information content (AvgIpc) is 2.16. The van der Waals surface area contributed by atoms with E-state index in [1.165, 1.54) is 6.20 Å². The molecule has 4 heteroatoms. The van der Waals surface area contributed by atoms with Gasteiger partial charge in [-0.25, -0.2) is 9.78 Å². The Balaban J connectivity index is 2.75. The lowest BCUT2D eigenvalue weighted by molar-refractivity contribution is 1.03. The fourth-order valence-electron chi connectivity index (χ4n) is 1.19. The van der Waals surface area contributed by atoms with E-state index in [1.54, 1.807) is 6.20 Å². The average molecular weight is 175 g/mol. The van der Waals surface area contributed by atoms with Gasteiger partial charge in [-0.2, -0.15) is 0 Å². The van der Waals surface area contributed by atoms with Gasteiger partial charge in [0.2, 0.25) is 0 Å². The Labute approximate surface area is 74.7 Å². The quantitative estimate of drug-likeness (QED) is 0.699. The SMILES string of the molecule is CCc1cc2[nH]c(=O)ncc2cn1. The molecule has 66 valence electrons. The standard InChI is InChI=1S/C9H9N3O/c1-2-7-3-8-6(4-10-7)5-11-9(13)12-8/h3-5H,2H2,1H3,(H,11,12,13). The van der Waals surface area contributed by atoms with Gasteiger partial charge < -0.3 is 4.98 Å². The maximum Gasteiger partial charge on any atom is 0.345 e. The van der Waals surface area contributed by atoms with Crippen molar-refractivity contribution in [3.8, 4) is 0 Å². The van der Waals surface area contributed by atoms with Crippen LogP contribution in [0, 0.1) is 0 Å². The molecule has 0 unspecified atom stereocenters. The van der Waals surface area contributed by atoms with Crippen LogP contribution in [0.3, 0.4) is 0 Å². The van der Waals surface area contributed by atoms with E-state index >= 15 is 0 Å². The molecule has 0 spiro atoms. The second-order valence-electron chi connectivity index (χ2n) is 2.80. The third-order valence-electron chi connectivity index (χ3n) is 1.92. The molecule has 0 radical (unpaired) electrons. The van der Waals surface area contributed by atoms with Crippen LogP contribution in [0.25, 0.3) is 10.9 Å². The van der Waals surface area contributed by atoms with Crippen molar-refractivity contribution in [1.82, 2.24) is 15.0 Å². The second kappa shape index (κ2) is 2.97. The summed E-state index contributed by atoms with van der Waals surface area (Å²) in [5, 5.41) is 0.858. The molecule has 0 aromatic carbocycles. The summed E-state index contributed by atoms with van der Waals surface area (Å²) in [6.07, 6.45) is 4.11. The van der Waals surface area contributed by atoms with Gasteiger partial charge in [0.15, 0.2) is 0 Å². The first kappa shape index (κ1) is 7.91. The van der Waals surface area contributed by atoms with Gasteiger partial charge in [0, 0.05) is 23.5 Å². The lowest BCUT2D eigenvalue weighted by atomic mass is 10.2. The highest BCUT2D eigenvalue weighted by Gasteiger charge is 1.96. The highest BCUT2D eigenvalue weighted by molar-refractivity contribution is 5.76. The van der Waals surface area contributed by atoms with Crippen LogP contribution in [-0.4, -0.2) is 15.0 Å². The van der Waals surface area contributed by atoms with E-state index in [0.29, 0.717) is 0 Å². The van der Waals surface area contributed by atoms with Gasteiger partial charge in [0.05, 0.1) is 5.52 Å². The molecule has 0 fully saturated rings. The fourth-order valence-corrected chi connectivity index (χ4v) is 1.19. The summed E-state index contributed by atoms with van der Waals surface area (Å²) in [6.45, 7) is 2.02. The van der Waals surface area contributed by atoms with Crippen molar-refractivity contribution in [2.24, 2.45) is 0 Å². The van der Waals surface area contributed by atoms with E-state index in [0.717, 1.165) is 23.0 Å². The van der Waals surface area contributed by atoms with Crippen molar-refractivity contribution in [3.05, 3.63) is 34.6 Å². The van der Waals surface area contributed by atoms with Gasteiger partial charge >= 0.3 is 5.69 Å². The third kappa shape index (κ3) is 1.42. The predicted octanol–water partition coefficient (Wildman–Crippen LogP) is 0.880. The number of hydrogen-bond donors (Lipinski definition) is 1. The first-order valence-electron chi connectivity index (χ1n) is 4.13. The highest BCUT2D eigenvalue weighted by Crippen LogP contribution is 2.07. The van der Waals surface area contributed by atoms with Gasteiger partial charge in [-0.15, -0.1) is 0 Å². The Morgan fingerprint density at radius 1 is 1.38 bits per heavy atom. The number of hydrogen-bond acceptors (Lipinski definition) is 3. The van der Waals surface area contributed by atoms with E-state index < -0.39 is 0 Å². The number of aromatic amines is 1. The summed E-state index contributed by atoms with van der Waals surface area (Å²) in [4.78, 5) is 21.4. The van der Waals surface area contributed by atoms with Gasteiger partial charge in [-0.1, -0.05) is 6.92 Å². The molecule has 4 nitrogen and oxygen atoms in total. The number of nitrogens with zero attached hydrogens (tertiary/aromatic N) is 2. The zero-order valence-corrected chi connectivity index (χ0v) is 7.24. The van der Waals surface area contributed by atoms with Gasteiger partial charge in [0.25, 0.3) is 0 Å². The lowest BCUT2D eigenvalue weighted by Gasteiger charge is -1.98. The molecule has 0 aliphatic heterocycles. The first-order chi connectivity index (χ1) is 6.29. The van der Waals surface area contributed by atoms with Crippen LogP contribution < -0.4 is 5.69 Å². The minimum atomic E-state index is -0.319. The molecule has 0 atom stereocenters. The Hall–Kier alpha value is -1.71. The molecule has 1 N–H and O–H groups in total. The van der Waals surface area contributed by atoms with Crippen LogP contribution in [0.4, 0.5) is 0 Å². The summed E-state index contributed by atoms with van der Waals surface area (Å²) in [5.41, 5.74) is 1.45.